The van der Waals surface area contributed by atoms with Gasteiger partial charge >= 0.3 is 0 Å². The van der Waals surface area contributed by atoms with Crippen molar-refractivity contribution in [2.45, 2.75) is 56.9 Å². The molecular weight excluding hydrogens is 236 g/mol. The van der Waals surface area contributed by atoms with Crippen molar-refractivity contribution in [3.8, 4) is 0 Å². The number of hydrogen-bond donors (Lipinski definition) is 1. The van der Waals surface area contributed by atoms with Gasteiger partial charge in [-0.25, -0.2) is 9.97 Å². The Labute approximate surface area is 115 Å². The molecule has 1 aliphatic carbocycles. The third-order valence-corrected chi connectivity index (χ3v) is 4.64. The van der Waals surface area contributed by atoms with Crippen LogP contribution >= 0.6 is 0 Å². The lowest BCUT2D eigenvalue weighted by molar-refractivity contribution is 0.442. The van der Waals surface area contributed by atoms with Gasteiger partial charge in [0.25, 0.3) is 0 Å². The second kappa shape index (κ2) is 5.87. The molecule has 1 saturated carbocycles. The number of hydrogen-bond acceptors (Lipinski definition) is 4. The summed E-state index contributed by atoms with van der Waals surface area (Å²) in [5.74, 6) is 1.55. The normalized spacial score (nSPS) is 24.9. The van der Waals surface area contributed by atoms with Gasteiger partial charge in [0.15, 0.2) is 0 Å². The van der Waals surface area contributed by atoms with Crippen LogP contribution in [0.3, 0.4) is 0 Å². The Bertz CT molecular complexity index is 397. The summed E-state index contributed by atoms with van der Waals surface area (Å²) in [5, 5.41) is 0. The fraction of sp³-hybridized carbons (Fsp3) is 0.733. The van der Waals surface area contributed by atoms with Crippen molar-refractivity contribution in [2.24, 2.45) is 5.73 Å². The van der Waals surface area contributed by atoms with Crippen molar-refractivity contribution >= 4 is 5.95 Å². The van der Waals surface area contributed by atoms with E-state index >= 15 is 0 Å². The standard InChI is InChI=1S/C15H24N4/c16-9-14-7-4-8-19(14)15-17-10-13(11-18-15)12-5-2-1-3-6-12/h10-12,14H,1-9,16H2. The van der Waals surface area contributed by atoms with Gasteiger partial charge in [-0.1, -0.05) is 19.3 Å². The first-order chi connectivity index (χ1) is 9.38. The van der Waals surface area contributed by atoms with E-state index in [1.807, 2.05) is 12.4 Å². The molecule has 1 aromatic heterocycles. The third kappa shape index (κ3) is 2.73. The summed E-state index contributed by atoms with van der Waals surface area (Å²) in [6.45, 7) is 1.75. The number of nitrogens with two attached hydrogens (primary N) is 1. The molecule has 0 aromatic carbocycles. The Balaban J connectivity index is 1.71. The quantitative estimate of drug-likeness (QED) is 0.907. The van der Waals surface area contributed by atoms with Crippen LogP contribution < -0.4 is 10.6 Å². The monoisotopic (exact) mass is 260 g/mol. The van der Waals surface area contributed by atoms with Crippen molar-refractivity contribution in [1.29, 1.82) is 0 Å². The second-order valence-corrected chi connectivity index (χ2v) is 5.88. The highest BCUT2D eigenvalue weighted by Gasteiger charge is 2.25. The third-order valence-electron chi connectivity index (χ3n) is 4.64. The van der Waals surface area contributed by atoms with E-state index in [0.717, 1.165) is 12.5 Å². The average molecular weight is 260 g/mol. The maximum Gasteiger partial charge on any atom is 0.225 e. The smallest absolute Gasteiger partial charge is 0.225 e. The van der Waals surface area contributed by atoms with Crippen molar-refractivity contribution < 1.29 is 0 Å². The van der Waals surface area contributed by atoms with Crippen LogP contribution in [0, 0.1) is 0 Å². The number of aromatic nitrogens is 2. The van der Waals surface area contributed by atoms with E-state index < -0.39 is 0 Å². The van der Waals surface area contributed by atoms with Crippen LogP contribution in [0.25, 0.3) is 0 Å². The molecule has 0 amide bonds. The molecule has 1 aliphatic heterocycles. The fourth-order valence-electron chi connectivity index (χ4n) is 3.47. The van der Waals surface area contributed by atoms with Gasteiger partial charge in [0.05, 0.1) is 0 Å². The minimum absolute atomic E-state index is 0.431. The van der Waals surface area contributed by atoms with Crippen LogP contribution in [0.2, 0.25) is 0 Å². The number of anilines is 1. The molecule has 3 rings (SSSR count). The van der Waals surface area contributed by atoms with Crippen molar-refractivity contribution in [2.75, 3.05) is 18.0 Å². The zero-order chi connectivity index (χ0) is 13.1. The topological polar surface area (TPSA) is 55.0 Å². The van der Waals surface area contributed by atoms with Gasteiger partial charge in [-0.3, -0.25) is 0 Å². The minimum Gasteiger partial charge on any atom is -0.337 e. The van der Waals surface area contributed by atoms with Gasteiger partial charge in [-0.2, -0.15) is 0 Å². The molecule has 1 unspecified atom stereocenters. The largest absolute Gasteiger partial charge is 0.337 e. The van der Waals surface area contributed by atoms with Crippen molar-refractivity contribution in [3.63, 3.8) is 0 Å². The lowest BCUT2D eigenvalue weighted by atomic mass is 9.85. The summed E-state index contributed by atoms with van der Waals surface area (Å²) in [6, 6.07) is 0.431. The van der Waals surface area contributed by atoms with Crippen molar-refractivity contribution in [3.05, 3.63) is 18.0 Å². The van der Waals surface area contributed by atoms with E-state index in [2.05, 4.69) is 14.9 Å². The summed E-state index contributed by atoms with van der Waals surface area (Å²) < 4.78 is 0. The van der Waals surface area contributed by atoms with E-state index in [9.17, 15) is 0 Å². The van der Waals surface area contributed by atoms with E-state index in [4.69, 9.17) is 5.73 Å². The maximum absolute atomic E-state index is 5.81. The van der Waals surface area contributed by atoms with Gasteiger partial charge in [0.2, 0.25) is 5.95 Å². The highest BCUT2D eigenvalue weighted by molar-refractivity contribution is 5.34. The molecule has 2 fully saturated rings. The Morgan fingerprint density at radius 2 is 1.79 bits per heavy atom. The zero-order valence-corrected chi connectivity index (χ0v) is 11.6. The zero-order valence-electron chi connectivity index (χ0n) is 11.6. The lowest BCUT2D eigenvalue weighted by Crippen LogP contribution is -2.36. The van der Waals surface area contributed by atoms with Crippen LogP contribution in [-0.2, 0) is 0 Å². The first kappa shape index (κ1) is 12.9. The first-order valence-electron chi connectivity index (χ1n) is 7.67. The summed E-state index contributed by atoms with van der Waals surface area (Å²) in [4.78, 5) is 11.5. The van der Waals surface area contributed by atoms with Gasteiger partial charge in [-0.15, -0.1) is 0 Å². The Kier molecular flexibility index (Phi) is 3.97. The summed E-state index contributed by atoms with van der Waals surface area (Å²) in [5.41, 5.74) is 7.14. The summed E-state index contributed by atoms with van der Waals surface area (Å²) in [6.07, 6.45) is 13.2. The van der Waals surface area contributed by atoms with E-state index in [-0.39, 0.29) is 0 Å². The first-order valence-corrected chi connectivity index (χ1v) is 7.67. The second-order valence-electron chi connectivity index (χ2n) is 5.88. The van der Waals surface area contributed by atoms with Crippen LogP contribution in [0.15, 0.2) is 12.4 Å². The molecule has 104 valence electrons. The molecule has 2 N–H and O–H groups in total. The van der Waals surface area contributed by atoms with Crippen LogP contribution in [-0.4, -0.2) is 29.1 Å². The predicted molar refractivity (Wildman–Crippen MR) is 77.3 cm³/mol. The predicted octanol–water partition coefficient (Wildman–Crippen LogP) is 2.45. The Hall–Kier alpha value is -1.16. The molecule has 0 spiro atoms. The molecule has 1 saturated heterocycles. The van der Waals surface area contributed by atoms with Gasteiger partial charge in [-0.05, 0) is 37.2 Å². The van der Waals surface area contributed by atoms with Gasteiger partial charge in [0.1, 0.15) is 0 Å². The highest BCUT2D eigenvalue weighted by atomic mass is 15.3. The SMILES string of the molecule is NCC1CCCN1c1ncc(C2CCCCC2)cn1. The molecule has 0 radical (unpaired) electrons. The summed E-state index contributed by atoms with van der Waals surface area (Å²) in [7, 11) is 0. The molecule has 2 aliphatic rings. The average Bonchev–Trinajstić information content (AvgIpc) is 2.97. The lowest BCUT2D eigenvalue weighted by Gasteiger charge is -2.25. The fourth-order valence-corrected chi connectivity index (χ4v) is 3.47. The molecule has 1 aromatic rings. The molecule has 4 heteroatoms. The molecule has 19 heavy (non-hydrogen) atoms. The minimum atomic E-state index is 0.431. The van der Waals surface area contributed by atoms with Crippen LogP contribution in [0.4, 0.5) is 5.95 Å². The summed E-state index contributed by atoms with van der Waals surface area (Å²) >= 11 is 0. The Morgan fingerprint density at radius 3 is 2.47 bits per heavy atom. The number of rotatable bonds is 3. The van der Waals surface area contributed by atoms with Crippen LogP contribution in [0.5, 0.6) is 0 Å². The maximum atomic E-state index is 5.81. The number of nitrogens with zero attached hydrogens (tertiary/aromatic N) is 3. The van der Waals surface area contributed by atoms with Crippen LogP contribution in [0.1, 0.15) is 56.4 Å². The van der Waals surface area contributed by atoms with Gasteiger partial charge < -0.3 is 10.6 Å². The molecule has 2 heterocycles. The Morgan fingerprint density at radius 1 is 1.05 bits per heavy atom. The molecule has 4 nitrogen and oxygen atoms in total. The molecular formula is C15H24N4. The van der Waals surface area contributed by atoms with E-state index in [1.165, 1.54) is 50.5 Å². The van der Waals surface area contributed by atoms with Gasteiger partial charge in [0, 0.05) is 31.5 Å². The highest BCUT2D eigenvalue weighted by Crippen LogP contribution is 2.32. The van der Waals surface area contributed by atoms with Crippen molar-refractivity contribution in [1.82, 2.24) is 9.97 Å². The molecule has 0 bridgehead atoms. The van der Waals surface area contributed by atoms with E-state index in [0.29, 0.717) is 18.5 Å². The van der Waals surface area contributed by atoms with E-state index in [1.54, 1.807) is 0 Å². The molecule has 1 atom stereocenters.